The van der Waals surface area contributed by atoms with Gasteiger partial charge in [0.15, 0.2) is 0 Å². The molecular weight excluding hydrogens is 314 g/mol. The number of pyridine rings is 1. The molecule has 0 radical (unpaired) electrons. The highest BCUT2D eigenvalue weighted by atomic mass is 16.3. The largest absolute Gasteiger partial charge is 0.508 e. The van der Waals surface area contributed by atoms with E-state index >= 15 is 0 Å². The average Bonchev–Trinajstić information content (AvgIpc) is 3.07. The Morgan fingerprint density at radius 3 is 2.72 bits per heavy atom. The number of nitrogens with one attached hydrogen (secondary N) is 2. The van der Waals surface area contributed by atoms with Crippen LogP contribution in [0.3, 0.4) is 0 Å². The Labute approximate surface area is 145 Å². The molecule has 5 nitrogen and oxygen atoms in total. The van der Waals surface area contributed by atoms with Crippen molar-refractivity contribution in [2.45, 2.75) is 6.42 Å². The van der Waals surface area contributed by atoms with E-state index in [-0.39, 0.29) is 11.7 Å². The maximum atomic E-state index is 11.9. The van der Waals surface area contributed by atoms with E-state index < -0.39 is 0 Å². The zero-order chi connectivity index (χ0) is 17.2. The molecule has 3 N–H and O–H groups in total. The molecule has 3 heterocycles. The topological polar surface area (TPSA) is 78.0 Å². The number of hydrogen-bond donors (Lipinski definition) is 3. The molecule has 25 heavy (non-hydrogen) atoms. The number of phenols is 1. The molecule has 3 aromatic rings. The lowest BCUT2D eigenvalue weighted by Gasteiger charge is -2.10. The Morgan fingerprint density at radius 2 is 1.92 bits per heavy atom. The summed E-state index contributed by atoms with van der Waals surface area (Å²) < 4.78 is 0. The summed E-state index contributed by atoms with van der Waals surface area (Å²) in [5.41, 5.74) is 5.42. The minimum atomic E-state index is -0.0229. The predicted octanol–water partition coefficient (Wildman–Crippen LogP) is 3.24. The van der Waals surface area contributed by atoms with Crippen LogP contribution < -0.4 is 5.32 Å². The van der Waals surface area contributed by atoms with Gasteiger partial charge in [0.05, 0.1) is 11.3 Å². The van der Waals surface area contributed by atoms with Gasteiger partial charge in [0, 0.05) is 36.1 Å². The van der Waals surface area contributed by atoms with Gasteiger partial charge in [0.25, 0.3) is 5.91 Å². The molecule has 0 spiro atoms. The summed E-state index contributed by atoms with van der Waals surface area (Å²) in [6.07, 6.45) is 6.44. The molecule has 0 fully saturated rings. The number of aromatic hydroxyl groups is 1. The van der Waals surface area contributed by atoms with E-state index in [9.17, 15) is 9.90 Å². The number of hydrogen-bond acceptors (Lipinski definition) is 3. The van der Waals surface area contributed by atoms with Crippen LogP contribution in [-0.2, 0) is 6.42 Å². The van der Waals surface area contributed by atoms with E-state index in [1.807, 2.05) is 42.5 Å². The monoisotopic (exact) mass is 331 g/mol. The molecule has 0 saturated heterocycles. The van der Waals surface area contributed by atoms with Crippen molar-refractivity contribution >= 4 is 18.1 Å². The average molecular weight is 331 g/mol. The quantitative estimate of drug-likeness (QED) is 0.689. The number of aromatic nitrogens is 2. The van der Waals surface area contributed by atoms with E-state index in [1.54, 1.807) is 18.3 Å². The number of nitrogens with zero attached hydrogens (tertiary/aromatic N) is 1. The Balaban J connectivity index is 1.61. The number of rotatable bonds is 3. The highest BCUT2D eigenvalue weighted by Crippen LogP contribution is 2.24. The van der Waals surface area contributed by atoms with E-state index in [0.717, 1.165) is 40.2 Å². The molecule has 5 heteroatoms. The maximum absolute atomic E-state index is 11.9. The first-order chi connectivity index (χ1) is 12.2. The third kappa shape index (κ3) is 3.17. The maximum Gasteiger partial charge on any atom is 0.253 e. The van der Waals surface area contributed by atoms with Gasteiger partial charge in [-0.05, 0) is 42.0 Å². The molecule has 1 aliphatic rings. The van der Waals surface area contributed by atoms with Crippen molar-refractivity contribution in [1.29, 1.82) is 0 Å². The lowest BCUT2D eigenvalue weighted by Crippen LogP contribution is -2.31. The van der Waals surface area contributed by atoms with Gasteiger partial charge in [-0.1, -0.05) is 18.2 Å². The van der Waals surface area contributed by atoms with Crippen molar-refractivity contribution in [3.8, 4) is 17.0 Å². The summed E-state index contributed by atoms with van der Waals surface area (Å²) in [5.74, 6) is 0.224. The van der Waals surface area contributed by atoms with Gasteiger partial charge in [-0.25, -0.2) is 0 Å². The summed E-state index contributed by atoms with van der Waals surface area (Å²) in [6.45, 7) is 0.669. The number of amides is 1. The van der Waals surface area contributed by atoms with Gasteiger partial charge in [-0.3, -0.25) is 9.78 Å². The first-order valence-corrected chi connectivity index (χ1v) is 8.13. The fourth-order valence-electron chi connectivity index (χ4n) is 2.92. The van der Waals surface area contributed by atoms with Crippen LogP contribution in [0.15, 0.2) is 48.7 Å². The Hall–Kier alpha value is -3.34. The van der Waals surface area contributed by atoms with Gasteiger partial charge in [-0.2, -0.15) is 0 Å². The van der Waals surface area contributed by atoms with Crippen LogP contribution in [0.25, 0.3) is 23.4 Å². The molecule has 0 bridgehead atoms. The van der Waals surface area contributed by atoms with Crippen molar-refractivity contribution in [3.63, 3.8) is 0 Å². The summed E-state index contributed by atoms with van der Waals surface area (Å²) in [5, 5.41) is 12.2. The Morgan fingerprint density at radius 1 is 1.08 bits per heavy atom. The molecule has 0 aliphatic carbocycles. The number of H-pyrrole nitrogens is 1. The fourth-order valence-corrected chi connectivity index (χ4v) is 2.92. The molecule has 1 aromatic carbocycles. The van der Waals surface area contributed by atoms with Crippen LogP contribution in [0.5, 0.6) is 5.75 Å². The van der Waals surface area contributed by atoms with E-state index in [1.165, 1.54) is 0 Å². The minimum absolute atomic E-state index is 0.0229. The second kappa shape index (κ2) is 6.28. The summed E-state index contributed by atoms with van der Waals surface area (Å²) in [4.78, 5) is 19.6. The zero-order valence-electron chi connectivity index (χ0n) is 13.5. The number of carbonyl (C=O) groups excluding carboxylic acids is 1. The number of carbonyl (C=O) groups is 1. The first kappa shape index (κ1) is 15.2. The lowest BCUT2D eigenvalue weighted by molar-refractivity contribution is 0.0946. The van der Waals surface area contributed by atoms with E-state index in [0.29, 0.717) is 6.54 Å². The van der Waals surface area contributed by atoms with Crippen LogP contribution in [-0.4, -0.2) is 27.5 Å². The van der Waals surface area contributed by atoms with Gasteiger partial charge < -0.3 is 15.4 Å². The fraction of sp³-hybridized carbons (Fsp3) is 0.100. The molecule has 0 saturated carbocycles. The number of aromatic amines is 1. The van der Waals surface area contributed by atoms with Gasteiger partial charge in [-0.15, -0.1) is 0 Å². The highest BCUT2D eigenvalue weighted by molar-refractivity contribution is 5.97. The second-order valence-electron chi connectivity index (χ2n) is 5.98. The summed E-state index contributed by atoms with van der Waals surface area (Å²) >= 11 is 0. The second-order valence-corrected chi connectivity index (χ2v) is 5.98. The van der Waals surface area contributed by atoms with E-state index in [2.05, 4.69) is 15.3 Å². The smallest absolute Gasteiger partial charge is 0.253 e. The van der Waals surface area contributed by atoms with Crippen LogP contribution in [0, 0.1) is 0 Å². The van der Waals surface area contributed by atoms with Crippen molar-refractivity contribution in [1.82, 2.24) is 15.3 Å². The van der Waals surface area contributed by atoms with Gasteiger partial charge in [0.1, 0.15) is 5.75 Å². The SMILES string of the molecule is O=C1NCCc2[nH]c(-c3ccnc(C=Cc4ccc(O)cc4)c3)cc21. The van der Waals surface area contributed by atoms with Gasteiger partial charge in [0.2, 0.25) is 0 Å². The molecule has 124 valence electrons. The Kier molecular flexibility index (Phi) is 3.82. The van der Waals surface area contributed by atoms with Crippen LogP contribution in [0.4, 0.5) is 0 Å². The van der Waals surface area contributed by atoms with Crippen molar-refractivity contribution in [2.75, 3.05) is 6.54 Å². The standard InChI is InChI=1S/C20H17N3O2/c24-16-5-2-13(3-6-16)1-4-15-11-14(7-9-21-15)19-12-17-18(23-19)8-10-22-20(17)25/h1-7,9,11-12,23-24H,8,10H2,(H,22,25). The predicted molar refractivity (Wildman–Crippen MR) is 97.1 cm³/mol. The highest BCUT2D eigenvalue weighted by Gasteiger charge is 2.19. The third-order valence-corrected chi connectivity index (χ3v) is 4.24. The first-order valence-electron chi connectivity index (χ1n) is 8.13. The summed E-state index contributed by atoms with van der Waals surface area (Å²) in [6, 6.07) is 12.8. The minimum Gasteiger partial charge on any atom is -0.508 e. The molecule has 4 rings (SSSR count). The number of fused-ring (bicyclic) bond motifs is 1. The van der Waals surface area contributed by atoms with Crippen molar-refractivity contribution in [2.24, 2.45) is 0 Å². The number of phenolic OH excluding ortho intramolecular Hbond substituents is 1. The molecular formula is C20H17N3O2. The van der Waals surface area contributed by atoms with Crippen LogP contribution in [0.2, 0.25) is 0 Å². The van der Waals surface area contributed by atoms with Gasteiger partial charge >= 0.3 is 0 Å². The molecule has 2 aromatic heterocycles. The lowest BCUT2D eigenvalue weighted by atomic mass is 10.1. The molecule has 1 aliphatic heterocycles. The van der Waals surface area contributed by atoms with Crippen LogP contribution in [0.1, 0.15) is 27.3 Å². The van der Waals surface area contributed by atoms with Crippen molar-refractivity contribution in [3.05, 3.63) is 71.2 Å². The molecule has 1 amide bonds. The third-order valence-electron chi connectivity index (χ3n) is 4.24. The van der Waals surface area contributed by atoms with Crippen molar-refractivity contribution < 1.29 is 9.90 Å². The Bertz CT molecular complexity index is 955. The van der Waals surface area contributed by atoms with Crippen LogP contribution >= 0.6 is 0 Å². The molecule has 0 atom stereocenters. The van der Waals surface area contributed by atoms with E-state index in [4.69, 9.17) is 0 Å². The molecule has 0 unspecified atom stereocenters. The zero-order valence-corrected chi connectivity index (χ0v) is 13.5. The summed E-state index contributed by atoms with van der Waals surface area (Å²) in [7, 11) is 0. The number of benzene rings is 1. The normalized spacial score (nSPS) is 13.7.